The van der Waals surface area contributed by atoms with Crippen LogP contribution in [0.15, 0.2) is 36.8 Å². The third-order valence-corrected chi connectivity index (χ3v) is 4.02. The van der Waals surface area contributed by atoms with Crippen molar-refractivity contribution in [3.63, 3.8) is 0 Å². The highest BCUT2D eigenvalue weighted by molar-refractivity contribution is 14.1. The maximum Gasteiger partial charge on any atom is 0.0801 e. The predicted octanol–water partition coefficient (Wildman–Crippen LogP) is 3.04. The van der Waals surface area contributed by atoms with Crippen molar-refractivity contribution < 1.29 is 0 Å². The van der Waals surface area contributed by atoms with Crippen LogP contribution in [0.2, 0.25) is 5.02 Å². The first-order valence-corrected chi connectivity index (χ1v) is 6.56. The van der Waals surface area contributed by atoms with Gasteiger partial charge in [-0.25, -0.2) is 0 Å². The van der Waals surface area contributed by atoms with E-state index in [9.17, 15) is 0 Å². The molecule has 0 bridgehead atoms. The maximum absolute atomic E-state index is 6.13. The molecule has 3 nitrogen and oxygen atoms in total. The van der Waals surface area contributed by atoms with Crippen molar-refractivity contribution in [2.75, 3.05) is 7.05 Å². The van der Waals surface area contributed by atoms with Gasteiger partial charge < -0.3 is 5.32 Å². The van der Waals surface area contributed by atoms with Crippen molar-refractivity contribution in [2.24, 2.45) is 0 Å². The molecular formula is C12H11ClIN3. The van der Waals surface area contributed by atoms with Gasteiger partial charge in [-0.3, -0.25) is 9.97 Å². The zero-order chi connectivity index (χ0) is 12.3. The summed E-state index contributed by atoms with van der Waals surface area (Å²) >= 11 is 8.34. The van der Waals surface area contributed by atoms with Crippen LogP contribution >= 0.6 is 34.2 Å². The molecule has 0 amide bonds. The summed E-state index contributed by atoms with van der Waals surface area (Å²) in [5.41, 5.74) is 1.96. The predicted molar refractivity (Wildman–Crippen MR) is 77.1 cm³/mol. The third-order valence-electron chi connectivity index (χ3n) is 2.44. The number of benzene rings is 1. The zero-order valence-corrected chi connectivity index (χ0v) is 12.1. The highest BCUT2D eigenvalue weighted by Crippen LogP contribution is 2.25. The molecule has 0 aliphatic rings. The molecule has 1 N–H and O–H groups in total. The van der Waals surface area contributed by atoms with Crippen LogP contribution in [0.4, 0.5) is 0 Å². The highest BCUT2D eigenvalue weighted by atomic mass is 127. The monoisotopic (exact) mass is 359 g/mol. The Kier molecular flexibility index (Phi) is 4.31. The fraction of sp³-hybridized carbons (Fsp3) is 0.167. The van der Waals surface area contributed by atoms with Crippen LogP contribution < -0.4 is 5.32 Å². The lowest BCUT2D eigenvalue weighted by Crippen LogP contribution is -2.19. The Morgan fingerprint density at radius 3 is 2.76 bits per heavy atom. The molecule has 17 heavy (non-hydrogen) atoms. The van der Waals surface area contributed by atoms with E-state index in [2.05, 4.69) is 37.9 Å². The number of aromatic nitrogens is 2. The highest BCUT2D eigenvalue weighted by Gasteiger charge is 2.14. The van der Waals surface area contributed by atoms with Gasteiger partial charge in [0, 0.05) is 16.0 Å². The zero-order valence-electron chi connectivity index (χ0n) is 9.19. The summed E-state index contributed by atoms with van der Waals surface area (Å²) in [4.78, 5) is 8.39. The molecule has 0 fully saturated rings. The molecule has 1 aromatic carbocycles. The molecule has 1 atom stereocenters. The van der Waals surface area contributed by atoms with Gasteiger partial charge >= 0.3 is 0 Å². The minimum atomic E-state index is 0.0122. The second-order valence-electron chi connectivity index (χ2n) is 3.53. The normalized spacial score (nSPS) is 12.4. The first-order valence-electron chi connectivity index (χ1n) is 5.10. The van der Waals surface area contributed by atoms with Gasteiger partial charge in [-0.15, -0.1) is 0 Å². The summed E-state index contributed by atoms with van der Waals surface area (Å²) < 4.78 is 1.04. The number of hydrogen-bond acceptors (Lipinski definition) is 3. The Balaban J connectivity index is 2.39. The van der Waals surface area contributed by atoms with Gasteiger partial charge in [0.1, 0.15) is 0 Å². The topological polar surface area (TPSA) is 37.8 Å². The van der Waals surface area contributed by atoms with Crippen LogP contribution in [0.25, 0.3) is 0 Å². The Labute approximate surface area is 119 Å². The van der Waals surface area contributed by atoms with Crippen LogP contribution in [0.3, 0.4) is 0 Å². The fourth-order valence-corrected chi connectivity index (χ4v) is 2.16. The molecule has 0 saturated carbocycles. The minimum absolute atomic E-state index is 0.0122. The van der Waals surface area contributed by atoms with Gasteiger partial charge in [0.15, 0.2) is 0 Å². The quantitative estimate of drug-likeness (QED) is 0.856. The standard InChI is InChI=1S/C12H11ClIN3/c1-15-12(11-7-16-4-5-17-11)8-2-3-10(14)9(13)6-8/h2-7,12,15H,1H3. The van der Waals surface area contributed by atoms with E-state index in [4.69, 9.17) is 11.6 Å². The Bertz CT molecular complexity index is 504. The van der Waals surface area contributed by atoms with Crippen molar-refractivity contribution in [1.29, 1.82) is 0 Å². The largest absolute Gasteiger partial charge is 0.308 e. The summed E-state index contributed by atoms with van der Waals surface area (Å²) in [6.45, 7) is 0. The summed E-state index contributed by atoms with van der Waals surface area (Å²) in [5, 5.41) is 3.97. The fourth-order valence-electron chi connectivity index (χ4n) is 1.64. The maximum atomic E-state index is 6.13. The molecule has 0 saturated heterocycles. The Hall–Kier alpha value is -0.720. The third kappa shape index (κ3) is 2.94. The lowest BCUT2D eigenvalue weighted by atomic mass is 10.0. The summed E-state index contributed by atoms with van der Waals surface area (Å²) in [6.07, 6.45) is 5.11. The number of rotatable bonds is 3. The SMILES string of the molecule is CNC(c1ccc(I)c(Cl)c1)c1cnccn1. The van der Waals surface area contributed by atoms with Crippen molar-refractivity contribution in [3.8, 4) is 0 Å². The molecule has 0 aliphatic heterocycles. The average molecular weight is 360 g/mol. The molecule has 1 heterocycles. The van der Waals surface area contributed by atoms with E-state index >= 15 is 0 Å². The van der Waals surface area contributed by atoms with Gasteiger partial charge in [0.05, 0.1) is 23.0 Å². The van der Waals surface area contributed by atoms with E-state index in [1.165, 1.54) is 0 Å². The minimum Gasteiger partial charge on any atom is -0.308 e. The first-order chi connectivity index (χ1) is 8.22. The second kappa shape index (κ2) is 5.75. The second-order valence-corrected chi connectivity index (χ2v) is 5.09. The van der Waals surface area contributed by atoms with Crippen LogP contribution in [0.1, 0.15) is 17.3 Å². The summed E-state index contributed by atoms with van der Waals surface area (Å²) in [5.74, 6) is 0. The molecule has 5 heteroatoms. The smallest absolute Gasteiger partial charge is 0.0801 e. The number of nitrogens with one attached hydrogen (secondary N) is 1. The van der Waals surface area contributed by atoms with Crippen LogP contribution in [-0.4, -0.2) is 17.0 Å². The van der Waals surface area contributed by atoms with Crippen molar-refractivity contribution in [1.82, 2.24) is 15.3 Å². The van der Waals surface area contributed by atoms with Crippen LogP contribution in [0, 0.1) is 3.57 Å². The number of halogens is 2. The molecule has 1 aromatic heterocycles. The summed E-state index contributed by atoms with van der Waals surface area (Å²) in [7, 11) is 1.89. The molecule has 0 radical (unpaired) electrons. The van der Waals surface area contributed by atoms with Gasteiger partial charge in [0.2, 0.25) is 0 Å². The lowest BCUT2D eigenvalue weighted by molar-refractivity contribution is 0.667. The van der Waals surface area contributed by atoms with Gasteiger partial charge in [-0.05, 0) is 47.3 Å². The van der Waals surface area contributed by atoms with Crippen LogP contribution in [0.5, 0.6) is 0 Å². The van der Waals surface area contributed by atoms with Gasteiger partial charge in [-0.2, -0.15) is 0 Å². The summed E-state index contributed by atoms with van der Waals surface area (Å²) in [6, 6.07) is 6.01. The molecule has 2 rings (SSSR count). The number of hydrogen-bond donors (Lipinski definition) is 1. The Morgan fingerprint density at radius 1 is 1.35 bits per heavy atom. The average Bonchev–Trinajstić information content (AvgIpc) is 2.36. The van der Waals surface area contributed by atoms with E-state index in [1.807, 2.05) is 25.2 Å². The lowest BCUT2D eigenvalue weighted by Gasteiger charge is -2.16. The van der Waals surface area contributed by atoms with Gasteiger partial charge in [-0.1, -0.05) is 17.7 Å². The van der Waals surface area contributed by atoms with E-state index in [0.29, 0.717) is 0 Å². The van der Waals surface area contributed by atoms with Crippen molar-refractivity contribution in [3.05, 3.63) is 56.6 Å². The van der Waals surface area contributed by atoms with E-state index in [-0.39, 0.29) is 6.04 Å². The molecule has 0 spiro atoms. The number of nitrogens with zero attached hydrogens (tertiary/aromatic N) is 2. The molecule has 2 aromatic rings. The molecular weight excluding hydrogens is 349 g/mol. The van der Waals surface area contributed by atoms with Crippen molar-refractivity contribution >= 4 is 34.2 Å². The van der Waals surface area contributed by atoms with E-state index in [1.54, 1.807) is 18.6 Å². The van der Waals surface area contributed by atoms with E-state index in [0.717, 1.165) is 19.9 Å². The van der Waals surface area contributed by atoms with E-state index < -0.39 is 0 Å². The molecule has 1 unspecified atom stereocenters. The molecule has 0 aliphatic carbocycles. The van der Waals surface area contributed by atoms with Crippen molar-refractivity contribution in [2.45, 2.75) is 6.04 Å². The Morgan fingerprint density at radius 2 is 2.18 bits per heavy atom. The van der Waals surface area contributed by atoms with Gasteiger partial charge in [0.25, 0.3) is 0 Å². The first kappa shape index (κ1) is 12.7. The van der Waals surface area contributed by atoms with Crippen LogP contribution in [-0.2, 0) is 0 Å². The molecule has 88 valence electrons.